The largest absolute Gasteiger partial charge is 0.344 e. The summed E-state index contributed by atoms with van der Waals surface area (Å²) in [6.45, 7) is 5.94. The lowest BCUT2D eigenvalue weighted by molar-refractivity contribution is 0.0937. The summed E-state index contributed by atoms with van der Waals surface area (Å²) in [6, 6.07) is -0.123. The molecule has 0 aliphatic rings. The predicted octanol–water partition coefficient (Wildman–Crippen LogP) is 2.69. The Balaban J connectivity index is 2.12. The Labute approximate surface area is 122 Å². The number of nitrogens with one attached hydrogen (secondary N) is 1. The molecule has 0 spiro atoms. The van der Waals surface area contributed by atoms with Gasteiger partial charge in [0, 0.05) is 11.6 Å². The highest BCUT2D eigenvalue weighted by atomic mass is 32.1. The van der Waals surface area contributed by atoms with E-state index in [1.807, 2.05) is 19.2 Å². The monoisotopic (exact) mass is 290 g/mol. The van der Waals surface area contributed by atoms with Crippen molar-refractivity contribution in [3.63, 3.8) is 0 Å². The third kappa shape index (κ3) is 3.39. The maximum Gasteiger partial charge on any atom is 0.255 e. The van der Waals surface area contributed by atoms with Gasteiger partial charge < -0.3 is 5.32 Å². The summed E-state index contributed by atoms with van der Waals surface area (Å²) in [7, 11) is 0. The van der Waals surface area contributed by atoms with Crippen LogP contribution in [0, 0.1) is 6.92 Å². The van der Waals surface area contributed by atoms with Crippen molar-refractivity contribution in [2.24, 2.45) is 0 Å². The topological polar surface area (TPSA) is 67.8 Å². The summed E-state index contributed by atoms with van der Waals surface area (Å²) in [6.07, 6.45) is 4.77. The Morgan fingerprint density at radius 1 is 1.50 bits per heavy atom. The van der Waals surface area contributed by atoms with Gasteiger partial charge in [-0.05, 0) is 20.3 Å². The fraction of sp³-hybridized carbons (Fsp3) is 0.429. The number of hydrogen-bond donors (Lipinski definition) is 1. The first-order valence-corrected chi connectivity index (χ1v) is 7.51. The van der Waals surface area contributed by atoms with Crippen LogP contribution in [0.2, 0.25) is 0 Å². The van der Waals surface area contributed by atoms with Gasteiger partial charge in [-0.2, -0.15) is 0 Å². The Kier molecular flexibility index (Phi) is 4.79. The second kappa shape index (κ2) is 6.56. The molecule has 0 aliphatic carbocycles. The van der Waals surface area contributed by atoms with Crippen LogP contribution in [-0.4, -0.2) is 20.9 Å². The molecule has 0 aromatic carbocycles. The average molecular weight is 290 g/mol. The first-order chi connectivity index (χ1) is 9.61. The van der Waals surface area contributed by atoms with Gasteiger partial charge in [0.2, 0.25) is 0 Å². The Hall–Kier alpha value is -1.82. The van der Waals surface area contributed by atoms with Crippen molar-refractivity contribution in [2.75, 3.05) is 0 Å². The van der Waals surface area contributed by atoms with Crippen molar-refractivity contribution in [3.05, 3.63) is 39.9 Å². The minimum absolute atomic E-state index is 0.123. The second-order valence-electron chi connectivity index (χ2n) is 4.62. The molecule has 6 heteroatoms. The fourth-order valence-corrected chi connectivity index (χ4v) is 2.61. The Morgan fingerprint density at radius 3 is 2.95 bits per heavy atom. The smallest absolute Gasteiger partial charge is 0.255 e. The summed E-state index contributed by atoms with van der Waals surface area (Å²) in [5.41, 5.74) is 2.23. The normalized spacial score (nSPS) is 12.2. The quantitative estimate of drug-likeness (QED) is 0.919. The van der Waals surface area contributed by atoms with Crippen LogP contribution in [0.15, 0.2) is 17.9 Å². The third-order valence-corrected chi connectivity index (χ3v) is 3.75. The van der Waals surface area contributed by atoms with E-state index in [1.54, 1.807) is 17.5 Å². The molecule has 2 aromatic heterocycles. The van der Waals surface area contributed by atoms with Crippen LogP contribution in [0.25, 0.3) is 0 Å². The van der Waals surface area contributed by atoms with E-state index in [4.69, 9.17) is 0 Å². The maximum atomic E-state index is 12.3. The van der Waals surface area contributed by atoms with Gasteiger partial charge in [0.15, 0.2) is 0 Å². The molecule has 0 saturated carbocycles. The van der Waals surface area contributed by atoms with Crippen LogP contribution in [0.3, 0.4) is 0 Å². The number of nitrogens with zero attached hydrogens (tertiary/aromatic N) is 3. The van der Waals surface area contributed by atoms with Gasteiger partial charge in [0.1, 0.15) is 6.33 Å². The van der Waals surface area contributed by atoms with E-state index in [1.165, 1.54) is 6.33 Å². The summed E-state index contributed by atoms with van der Waals surface area (Å²) in [4.78, 5) is 24.8. The summed E-state index contributed by atoms with van der Waals surface area (Å²) in [5.74, 6) is -0.146. The van der Waals surface area contributed by atoms with Crippen LogP contribution < -0.4 is 5.32 Å². The highest BCUT2D eigenvalue weighted by Gasteiger charge is 2.16. The average Bonchev–Trinajstić information content (AvgIpc) is 2.86. The molecule has 0 saturated heterocycles. The number of aromatic nitrogens is 3. The van der Waals surface area contributed by atoms with Crippen LogP contribution in [-0.2, 0) is 6.42 Å². The van der Waals surface area contributed by atoms with E-state index in [2.05, 4.69) is 27.2 Å². The maximum absolute atomic E-state index is 12.3. The predicted molar refractivity (Wildman–Crippen MR) is 78.8 cm³/mol. The molecular weight excluding hydrogens is 272 g/mol. The summed E-state index contributed by atoms with van der Waals surface area (Å²) in [5, 5.41) is 5.91. The van der Waals surface area contributed by atoms with E-state index in [-0.39, 0.29) is 11.9 Å². The Morgan fingerprint density at radius 2 is 2.30 bits per heavy atom. The molecule has 1 atom stereocenters. The molecule has 1 N–H and O–H groups in total. The van der Waals surface area contributed by atoms with Crippen LogP contribution in [0.4, 0.5) is 0 Å². The van der Waals surface area contributed by atoms with E-state index in [0.29, 0.717) is 5.56 Å². The Bertz CT molecular complexity index is 596. The van der Waals surface area contributed by atoms with E-state index in [0.717, 1.165) is 29.2 Å². The van der Waals surface area contributed by atoms with Gasteiger partial charge in [0.25, 0.3) is 5.91 Å². The van der Waals surface area contributed by atoms with Gasteiger partial charge in [-0.1, -0.05) is 13.3 Å². The van der Waals surface area contributed by atoms with E-state index in [9.17, 15) is 4.79 Å². The van der Waals surface area contributed by atoms with Crippen LogP contribution >= 0.6 is 11.3 Å². The van der Waals surface area contributed by atoms with Crippen LogP contribution in [0.1, 0.15) is 53.1 Å². The molecule has 0 radical (unpaired) electrons. The van der Waals surface area contributed by atoms with Gasteiger partial charge >= 0.3 is 0 Å². The zero-order chi connectivity index (χ0) is 14.5. The van der Waals surface area contributed by atoms with E-state index < -0.39 is 0 Å². The number of hydrogen-bond acceptors (Lipinski definition) is 5. The fourth-order valence-electron chi connectivity index (χ4n) is 1.91. The minimum Gasteiger partial charge on any atom is -0.344 e. The molecule has 2 aromatic rings. The molecule has 2 rings (SSSR count). The SMILES string of the molecule is CCCc1ncncc1C(=O)N[C@H](C)c1csc(C)n1. The highest BCUT2D eigenvalue weighted by molar-refractivity contribution is 7.09. The van der Waals surface area contributed by atoms with Gasteiger partial charge in [-0.3, -0.25) is 4.79 Å². The van der Waals surface area contributed by atoms with Crippen molar-refractivity contribution in [3.8, 4) is 0 Å². The molecule has 2 heterocycles. The molecule has 1 amide bonds. The number of amides is 1. The number of thiazole rings is 1. The van der Waals surface area contributed by atoms with Crippen molar-refractivity contribution in [1.29, 1.82) is 0 Å². The second-order valence-corrected chi connectivity index (χ2v) is 5.68. The lowest BCUT2D eigenvalue weighted by Gasteiger charge is -2.13. The number of carbonyl (C=O) groups excluding carboxylic acids is 1. The molecule has 0 bridgehead atoms. The third-order valence-electron chi connectivity index (χ3n) is 2.95. The van der Waals surface area contributed by atoms with Crippen LogP contribution in [0.5, 0.6) is 0 Å². The van der Waals surface area contributed by atoms with E-state index >= 15 is 0 Å². The lowest BCUT2D eigenvalue weighted by Crippen LogP contribution is -2.28. The van der Waals surface area contributed by atoms with Crippen molar-refractivity contribution in [2.45, 2.75) is 39.7 Å². The highest BCUT2D eigenvalue weighted by Crippen LogP contribution is 2.16. The van der Waals surface area contributed by atoms with Gasteiger partial charge in [0.05, 0.1) is 28.0 Å². The number of rotatable bonds is 5. The first kappa shape index (κ1) is 14.6. The first-order valence-electron chi connectivity index (χ1n) is 6.63. The summed E-state index contributed by atoms with van der Waals surface area (Å²) >= 11 is 1.58. The minimum atomic E-state index is -0.146. The summed E-state index contributed by atoms with van der Waals surface area (Å²) < 4.78 is 0. The molecule has 5 nitrogen and oxygen atoms in total. The molecule has 106 valence electrons. The standard InChI is InChI=1S/C14H18N4OS/c1-4-5-12-11(6-15-8-16-12)14(19)17-9(2)13-7-20-10(3)18-13/h6-9H,4-5H2,1-3H3,(H,17,19)/t9-/m1/s1. The molecule has 20 heavy (non-hydrogen) atoms. The van der Waals surface area contributed by atoms with Gasteiger partial charge in [-0.15, -0.1) is 11.3 Å². The molecule has 0 aliphatic heterocycles. The van der Waals surface area contributed by atoms with Crippen molar-refractivity contribution in [1.82, 2.24) is 20.3 Å². The number of aryl methyl sites for hydroxylation is 2. The van der Waals surface area contributed by atoms with Crippen molar-refractivity contribution >= 4 is 17.2 Å². The molecular formula is C14H18N4OS. The zero-order valence-electron chi connectivity index (χ0n) is 11.9. The zero-order valence-corrected chi connectivity index (χ0v) is 12.7. The van der Waals surface area contributed by atoms with Gasteiger partial charge in [-0.25, -0.2) is 15.0 Å². The molecule has 0 unspecified atom stereocenters. The molecule has 0 fully saturated rings. The number of carbonyl (C=O) groups is 1. The van der Waals surface area contributed by atoms with Crippen molar-refractivity contribution < 1.29 is 4.79 Å². The lowest BCUT2D eigenvalue weighted by atomic mass is 10.1.